The summed E-state index contributed by atoms with van der Waals surface area (Å²) in [7, 11) is 1.77. The third kappa shape index (κ3) is 4.63. The maximum atomic E-state index is 5.00. The van der Waals surface area contributed by atoms with Crippen molar-refractivity contribution in [2.24, 2.45) is 5.92 Å². The Morgan fingerprint density at radius 2 is 2.00 bits per heavy atom. The molecule has 0 aromatic heterocycles. The van der Waals surface area contributed by atoms with Crippen LogP contribution >= 0.6 is 0 Å². The Morgan fingerprint density at radius 3 is 2.62 bits per heavy atom. The van der Waals surface area contributed by atoms with E-state index in [1.165, 1.54) is 38.6 Å². The highest BCUT2D eigenvalue weighted by molar-refractivity contribution is 4.81. The molecule has 0 aromatic carbocycles. The van der Waals surface area contributed by atoms with E-state index in [-0.39, 0.29) is 0 Å². The van der Waals surface area contributed by atoms with Gasteiger partial charge in [-0.15, -0.1) is 0 Å². The second-order valence-electron chi connectivity index (χ2n) is 4.28. The molecule has 0 saturated heterocycles. The van der Waals surface area contributed by atoms with Crippen LogP contribution in [-0.4, -0.2) is 26.3 Å². The fourth-order valence-electron chi connectivity index (χ4n) is 1.92. The summed E-state index contributed by atoms with van der Waals surface area (Å²) in [4.78, 5) is 0. The van der Waals surface area contributed by atoms with Crippen molar-refractivity contribution in [3.8, 4) is 0 Å². The smallest absolute Gasteiger partial charge is 0.0462 e. The van der Waals surface area contributed by atoms with Crippen molar-refractivity contribution in [2.45, 2.75) is 45.1 Å². The van der Waals surface area contributed by atoms with E-state index in [2.05, 4.69) is 12.2 Å². The second-order valence-corrected chi connectivity index (χ2v) is 4.28. The largest absolute Gasteiger partial charge is 0.385 e. The van der Waals surface area contributed by atoms with Crippen LogP contribution in [-0.2, 0) is 4.74 Å². The molecular formula is C11H23NO. The van der Waals surface area contributed by atoms with Crippen LogP contribution in [0.4, 0.5) is 0 Å². The minimum atomic E-state index is 0.831. The van der Waals surface area contributed by atoms with Gasteiger partial charge >= 0.3 is 0 Å². The summed E-state index contributed by atoms with van der Waals surface area (Å²) in [6.45, 7) is 4.44. The first-order valence-corrected chi connectivity index (χ1v) is 5.55. The number of methoxy groups -OCH3 is 1. The molecule has 2 nitrogen and oxygen atoms in total. The molecular weight excluding hydrogens is 162 g/mol. The van der Waals surface area contributed by atoms with Crippen LogP contribution in [0.3, 0.4) is 0 Å². The van der Waals surface area contributed by atoms with Crippen LogP contribution in [0, 0.1) is 5.92 Å². The van der Waals surface area contributed by atoms with E-state index in [1.54, 1.807) is 7.11 Å². The van der Waals surface area contributed by atoms with Gasteiger partial charge in [-0.1, -0.05) is 6.92 Å². The average Bonchev–Trinajstić information content (AvgIpc) is 2.07. The number of hydrogen-bond donors (Lipinski definition) is 1. The Morgan fingerprint density at radius 1 is 1.23 bits per heavy atom. The van der Waals surface area contributed by atoms with Crippen LogP contribution in [0.2, 0.25) is 0 Å². The summed E-state index contributed by atoms with van der Waals surface area (Å²) in [5.74, 6) is 0.964. The molecule has 2 heteroatoms. The minimum absolute atomic E-state index is 0.831. The molecule has 0 heterocycles. The molecule has 0 spiro atoms. The number of ether oxygens (including phenoxy) is 1. The minimum Gasteiger partial charge on any atom is -0.385 e. The molecule has 1 saturated carbocycles. The lowest BCUT2D eigenvalue weighted by atomic mass is 9.82. The van der Waals surface area contributed by atoms with Crippen molar-refractivity contribution < 1.29 is 4.74 Å². The molecule has 1 fully saturated rings. The molecule has 1 aliphatic rings. The quantitative estimate of drug-likeness (QED) is 0.614. The summed E-state index contributed by atoms with van der Waals surface area (Å²) in [5, 5.41) is 3.59. The van der Waals surface area contributed by atoms with Crippen LogP contribution in [0.25, 0.3) is 0 Å². The van der Waals surface area contributed by atoms with Gasteiger partial charge in [0.2, 0.25) is 0 Å². The zero-order valence-electron chi connectivity index (χ0n) is 9.01. The highest BCUT2D eigenvalue weighted by atomic mass is 16.5. The fraction of sp³-hybridized carbons (Fsp3) is 1.00. The van der Waals surface area contributed by atoms with Crippen molar-refractivity contribution >= 4 is 0 Å². The number of hydrogen-bond acceptors (Lipinski definition) is 2. The third-order valence-corrected chi connectivity index (χ3v) is 2.83. The first-order valence-electron chi connectivity index (χ1n) is 5.55. The Bertz CT molecular complexity index is 121. The Hall–Kier alpha value is -0.0800. The standard InChI is InChI=1S/C11H23NO/c1-10-8-11(9-10)12-6-4-3-5-7-13-2/h10-12H,3-9H2,1-2H3. The zero-order valence-corrected chi connectivity index (χ0v) is 9.01. The van der Waals surface area contributed by atoms with Gasteiger partial charge in [0.15, 0.2) is 0 Å². The lowest BCUT2D eigenvalue weighted by Crippen LogP contribution is -2.40. The first-order chi connectivity index (χ1) is 6.33. The van der Waals surface area contributed by atoms with E-state index in [9.17, 15) is 0 Å². The summed E-state index contributed by atoms with van der Waals surface area (Å²) in [6.07, 6.45) is 6.58. The summed E-state index contributed by atoms with van der Waals surface area (Å²) in [5.41, 5.74) is 0. The van der Waals surface area contributed by atoms with Gasteiger partial charge in [-0.2, -0.15) is 0 Å². The monoisotopic (exact) mass is 185 g/mol. The van der Waals surface area contributed by atoms with Gasteiger partial charge in [0, 0.05) is 19.8 Å². The maximum Gasteiger partial charge on any atom is 0.0462 e. The molecule has 0 aliphatic heterocycles. The second kappa shape index (κ2) is 6.39. The lowest BCUT2D eigenvalue weighted by molar-refractivity contribution is 0.191. The van der Waals surface area contributed by atoms with E-state index in [1.807, 2.05) is 0 Å². The highest BCUT2D eigenvalue weighted by Crippen LogP contribution is 2.25. The van der Waals surface area contributed by atoms with E-state index in [0.717, 1.165) is 18.6 Å². The summed E-state index contributed by atoms with van der Waals surface area (Å²) in [6, 6.07) is 0.831. The molecule has 13 heavy (non-hydrogen) atoms. The Kier molecular flexibility index (Phi) is 5.40. The molecule has 0 unspecified atom stereocenters. The highest BCUT2D eigenvalue weighted by Gasteiger charge is 2.23. The average molecular weight is 185 g/mol. The molecule has 78 valence electrons. The van der Waals surface area contributed by atoms with Crippen molar-refractivity contribution in [1.82, 2.24) is 5.32 Å². The Balaban J connectivity index is 1.74. The van der Waals surface area contributed by atoms with Crippen LogP contribution < -0.4 is 5.32 Å². The van der Waals surface area contributed by atoms with E-state index >= 15 is 0 Å². The van der Waals surface area contributed by atoms with E-state index in [4.69, 9.17) is 4.74 Å². The van der Waals surface area contributed by atoms with Gasteiger partial charge in [-0.05, 0) is 44.6 Å². The van der Waals surface area contributed by atoms with Gasteiger partial charge in [0.1, 0.15) is 0 Å². The third-order valence-electron chi connectivity index (χ3n) is 2.83. The normalized spacial score (nSPS) is 27.2. The van der Waals surface area contributed by atoms with Gasteiger partial charge < -0.3 is 10.1 Å². The van der Waals surface area contributed by atoms with E-state index in [0.29, 0.717) is 0 Å². The van der Waals surface area contributed by atoms with E-state index < -0.39 is 0 Å². The van der Waals surface area contributed by atoms with Gasteiger partial charge in [0.25, 0.3) is 0 Å². The lowest BCUT2D eigenvalue weighted by Gasteiger charge is -2.33. The summed E-state index contributed by atoms with van der Waals surface area (Å²) < 4.78 is 5.00. The van der Waals surface area contributed by atoms with Crippen molar-refractivity contribution in [2.75, 3.05) is 20.3 Å². The van der Waals surface area contributed by atoms with Gasteiger partial charge in [0.05, 0.1) is 0 Å². The molecule has 1 aliphatic carbocycles. The fourth-order valence-corrected chi connectivity index (χ4v) is 1.92. The predicted octanol–water partition coefficient (Wildman–Crippen LogP) is 2.19. The van der Waals surface area contributed by atoms with Crippen molar-refractivity contribution in [3.63, 3.8) is 0 Å². The van der Waals surface area contributed by atoms with Gasteiger partial charge in [-0.3, -0.25) is 0 Å². The topological polar surface area (TPSA) is 21.3 Å². The van der Waals surface area contributed by atoms with Crippen molar-refractivity contribution in [3.05, 3.63) is 0 Å². The molecule has 0 atom stereocenters. The molecule has 0 amide bonds. The SMILES string of the molecule is COCCCCCNC1CC(C)C1. The first kappa shape index (κ1) is 11.0. The van der Waals surface area contributed by atoms with Crippen LogP contribution in [0.1, 0.15) is 39.0 Å². The molecule has 0 bridgehead atoms. The predicted molar refractivity (Wildman–Crippen MR) is 55.9 cm³/mol. The molecule has 0 radical (unpaired) electrons. The molecule has 0 aromatic rings. The zero-order chi connectivity index (χ0) is 9.52. The maximum absolute atomic E-state index is 5.00. The van der Waals surface area contributed by atoms with Gasteiger partial charge in [-0.25, -0.2) is 0 Å². The van der Waals surface area contributed by atoms with Crippen LogP contribution in [0.5, 0.6) is 0 Å². The molecule has 1 N–H and O–H groups in total. The Labute approximate surface area is 82.0 Å². The van der Waals surface area contributed by atoms with Crippen LogP contribution in [0.15, 0.2) is 0 Å². The number of nitrogens with one attached hydrogen (secondary N) is 1. The number of rotatable bonds is 7. The number of unbranched alkanes of at least 4 members (excludes halogenated alkanes) is 2. The van der Waals surface area contributed by atoms with Crippen molar-refractivity contribution in [1.29, 1.82) is 0 Å². The molecule has 1 rings (SSSR count). The summed E-state index contributed by atoms with van der Waals surface area (Å²) >= 11 is 0.